The van der Waals surface area contributed by atoms with Gasteiger partial charge in [-0.25, -0.2) is 13.1 Å². The molecule has 1 aliphatic heterocycles. The second-order valence-corrected chi connectivity index (χ2v) is 9.56. The van der Waals surface area contributed by atoms with Crippen LogP contribution >= 0.6 is 0 Å². The first kappa shape index (κ1) is 24.0. The second-order valence-electron chi connectivity index (χ2n) is 7.79. The number of aryl methyl sites for hydroxylation is 1. The summed E-state index contributed by atoms with van der Waals surface area (Å²) in [5.41, 5.74) is 3.26. The van der Waals surface area contributed by atoms with Gasteiger partial charge in [-0.1, -0.05) is 12.1 Å². The number of sulfonamides is 1. The zero-order valence-electron chi connectivity index (χ0n) is 18.5. The van der Waals surface area contributed by atoms with Gasteiger partial charge in [0.05, 0.1) is 19.1 Å². The molecule has 0 saturated carbocycles. The highest BCUT2D eigenvalue weighted by atomic mass is 32.2. The summed E-state index contributed by atoms with van der Waals surface area (Å²) in [5.74, 6) is 0.582. The fourth-order valence-electron chi connectivity index (χ4n) is 3.81. The van der Waals surface area contributed by atoms with E-state index in [1.54, 1.807) is 26.4 Å². The lowest BCUT2D eigenvalue weighted by atomic mass is 9.98. The molecule has 0 unspecified atom stereocenters. The van der Waals surface area contributed by atoms with Crippen molar-refractivity contribution < 1.29 is 27.8 Å². The van der Waals surface area contributed by atoms with Gasteiger partial charge in [0.15, 0.2) is 11.5 Å². The Morgan fingerprint density at radius 1 is 1.09 bits per heavy atom. The quantitative estimate of drug-likeness (QED) is 0.494. The Balaban J connectivity index is 1.48. The van der Waals surface area contributed by atoms with Crippen LogP contribution in [0.25, 0.3) is 0 Å². The van der Waals surface area contributed by atoms with Crippen LogP contribution in [-0.4, -0.2) is 58.2 Å². The second kappa shape index (κ2) is 10.8. The smallest absolute Gasteiger partial charge is 0.303 e. The molecule has 0 amide bonds. The van der Waals surface area contributed by atoms with E-state index in [-0.39, 0.29) is 11.3 Å². The van der Waals surface area contributed by atoms with E-state index < -0.39 is 16.0 Å². The molecule has 0 atom stereocenters. The predicted octanol–water partition coefficient (Wildman–Crippen LogP) is 2.45. The van der Waals surface area contributed by atoms with Gasteiger partial charge in [0.1, 0.15) is 0 Å². The average molecular weight is 463 g/mol. The zero-order valence-corrected chi connectivity index (χ0v) is 19.3. The van der Waals surface area contributed by atoms with Gasteiger partial charge in [0.25, 0.3) is 0 Å². The molecule has 0 saturated heterocycles. The number of nitrogens with zero attached hydrogens (tertiary/aromatic N) is 1. The molecular weight excluding hydrogens is 432 g/mol. The molecule has 0 spiro atoms. The van der Waals surface area contributed by atoms with Crippen LogP contribution in [0.2, 0.25) is 0 Å². The molecule has 3 rings (SSSR count). The SMILES string of the molecule is COc1cc2c(cc1OC)CN(CCCNS(=O)(=O)c1ccc(CCC(=O)O)cc1)CC2. The van der Waals surface area contributed by atoms with E-state index in [4.69, 9.17) is 14.6 Å². The van der Waals surface area contributed by atoms with Crippen LogP contribution in [-0.2, 0) is 34.2 Å². The van der Waals surface area contributed by atoms with E-state index in [1.165, 1.54) is 23.3 Å². The number of aliphatic carboxylic acids is 1. The van der Waals surface area contributed by atoms with Crippen molar-refractivity contribution in [2.24, 2.45) is 0 Å². The van der Waals surface area contributed by atoms with Crippen molar-refractivity contribution in [1.29, 1.82) is 0 Å². The number of carboxylic acid groups (broad SMARTS) is 1. The Morgan fingerprint density at radius 3 is 2.38 bits per heavy atom. The maximum atomic E-state index is 12.5. The summed E-state index contributed by atoms with van der Waals surface area (Å²) in [5, 5.41) is 8.75. The first-order valence-corrected chi connectivity index (χ1v) is 12.1. The third kappa shape index (κ3) is 6.21. The van der Waals surface area contributed by atoms with E-state index in [2.05, 4.69) is 9.62 Å². The highest BCUT2D eigenvalue weighted by molar-refractivity contribution is 7.89. The monoisotopic (exact) mass is 462 g/mol. The highest BCUT2D eigenvalue weighted by Crippen LogP contribution is 2.33. The Bertz CT molecular complexity index is 1040. The molecule has 32 heavy (non-hydrogen) atoms. The molecule has 0 bridgehead atoms. The molecule has 2 aromatic rings. The van der Waals surface area contributed by atoms with Crippen LogP contribution in [0, 0.1) is 0 Å². The third-order valence-electron chi connectivity index (χ3n) is 5.60. The van der Waals surface area contributed by atoms with Gasteiger partial charge >= 0.3 is 5.97 Å². The van der Waals surface area contributed by atoms with Gasteiger partial charge in [-0.3, -0.25) is 9.69 Å². The lowest BCUT2D eigenvalue weighted by molar-refractivity contribution is -0.136. The Labute approximate surface area is 189 Å². The third-order valence-corrected chi connectivity index (χ3v) is 7.08. The number of methoxy groups -OCH3 is 2. The summed E-state index contributed by atoms with van der Waals surface area (Å²) in [6, 6.07) is 10.4. The molecule has 0 radical (unpaired) electrons. The van der Waals surface area contributed by atoms with Crippen LogP contribution in [0.1, 0.15) is 29.5 Å². The predicted molar refractivity (Wildman–Crippen MR) is 121 cm³/mol. The van der Waals surface area contributed by atoms with Gasteiger partial charge in [-0.05, 0) is 66.8 Å². The van der Waals surface area contributed by atoms with Crippen molar-refractivity contribution in [3.63, 3.8) is 0 Å². The number of hydrogen-bond donors (Lipinski definition) is 2. The summed E-state index contributed by atoms with van der Waals surface area (Å²) < 4.78 is 38.5. The molecule has 2 aromatic carbocycles. The van der Waals surface area contributed by atoms with Gasteiger partial charge in [0, 0.05) is 26.1 Å². The van der Waals surface area contributed by atoms with E-state index in [9.17, 15) is 13.2 Å². The van der Waals surface area contributed by atoms with Gasteiger partial charge in [0.2, 0.25) is 10.0 Å². The van der Waals surface area contributed by atoms with Crippen LogP contribution < -0.4 is 14.2 Å². The maximum Gasteiger partial charge on any atom is 0.303 e. The van der Waals surface area contributed by atoms with Crippen molar-refractivity contribution in [1.82, 2.24) is 9.62 Å². The summed E-state index contributed by atoms with van der Waals surface area (Å²) >= 11 is 0. The number of ether oxygens (including phenoxy) is 2. The molecule has 1 aliphatic rings. The first-order chi connectivity index (χ1) is 15.3. The molecule has 8 nitrogen and oxygen atoms in total. The molecular formula is C23H30N2O6S. The molecule has 1 heterocycles. The lowest BCUT2D eigenvalue weighted by Crippen LogP contribution is -2.33. The first-order valence-electron chi connectivity index (χ1n) is 10.6. The molecule has 2 N–H and O–H groups in total. The normalized spacial score (nSPS) is 14.1. The summed E-state index contributed by atoms with van der Waals surface area (Å²) in [6.07, 6.45) is 2.00. The van der Waals surface area contributed by atoms with Crippen molar-refractivity contribution in [3.05, 3.63) is 53.1 Å². The van der Waals surface area contributed by atoms with Crippen molar-refractivity contribution in [2.75, 3.05) is 33.9 Å². The number of hydrogen-bond acceptors (Lipinski definition) is 6. The van der Waals surface area contributed by atoms with Crippen LogP contribution in [0.3, 0.4) is 0 Å². The lowest BCUT2D eigenvalue weighted by Gasteiger charge is -2.29. The fraction of sp³-hybridized carbons (Fsp3) is 0.435. The van der Waals surface area contributed by atoms with E-state index >= 15 is 0 Å². The van der Waals surface area contributed by atoms with Gasteiger partial charge < -0.3 is 14.6 Å². The zero-order chi connectivity index (χ0) is 23.1. The minimum Gasteiger partial charge on any atom is -0.493 e. The molecule has 0 aliphatic carbocycles. The molecule has 9 heteroatoms. The molecule has 0 fully saturated rings. The Kier molecular flexibility index (Phi) is 8.11. The number of carbonyl (C=O) groups is 1. The van der Waals surface area contributed by atoms with Gasteiger partial charge in [-0.2, -0.15) is 0 Å². The van der Waals surface area contributed by atoms with E-state index in [0.717, 1.165) is 43.1 Å². The number of nitrogens with one attached hydrogen (secondary N) is 1. The van der Waals surface area contributed by atoms with Crippen molar-refractivity contribution >= 4 is 16.0 Å². The standard InChI is InChI=1S/C23H30N2O6S/c1-30-21-14-18-10-13-25(16-19(18)15-22(21)31-2)12-3-11-24-32(28,29)20-7-4-17(5-8-20)6-9-23(26)27/h4-5,7-8,14-15,24H,3,6,9-13,16H2,1-2H3,(H,26,27). The van der Waals surface area contributed by atoms with Crippen molar-refractivity contribution in [2.45, 2.75) is 37.1 Å². The van der Waals surface area contributed by atoms with Crippen LogP contribution in [0.15, 0.2) is 41.3 Å². The largest absolute Gasteiger partial charge is 0.493 e. The minimum atomic E-state index is -3.59. The van der Waals surface area contributed by atoms with E-state index in [1.807, 2.05) is 12.1 Å². The fourth-order valence-corrected chi connectivity index (χ4v) is 4.89. The Morgan fingerprint density at radius 2 is 1.75 bits per heavy atom. The summed E-state index contributed by atoms with van der Waals surface area (Å²) in [7, 11) is -0.333. The molecule has 0 aromatic heterocycles. The number of fused-ring (bicyclic) bond motifs is 1. The van der Waals surface area contributed by atoms with Crippen LogP contribution in [0.5, 0.6) is 11.5 Å². The van der Waals surface area contributed by atoms with Crippen molar-refractivity contribution in [3.8, 4) is 11.5 Å². The summed E-state index contributed by atoms with van der Waals surface area (Å²) in [4.78, 5) is 13.1. The van der Waals surface area contributed by atoms with E-state index in [0.29, 0.717) is 19.4 Å². The summed E-state index contributed by atoms with van der Waals surface area (Å²) in [6.45, 7) is 2.83. The molecule has 174 valence electrons. The number of benzene rings is 2. The van der Waals surface area contributed by atoms with Gasteiger partial charge in [-0.15, -0.1) is 0 Å². The minimum absolute atomic E-state index is 0.0195. The highest BCUT2D eigenvalue weighted by Gasteiger charge is 2.20. The number of carboxylic acids is 1. The average Bonchev–Trinajstić information content (AvgIpc) is 2.79. The van der Waals surface area contributed by atoms with Crippen LogP contribution in [0.4, 0.5) is 0 Å². The number of rotatable bonds is 11. The Hall–Kier alpha value is -2.62. The topological polar surface area (TPSA) is 105 Å². The maximum absolute atomic E-state index is 12.5.